The Morgan fingerprint density at radius 2 is 2.00 bits per heavy atom. The maximum atomic E-state index is 12.3. The van der Waals surface area contributed by atoms with E-state index in [1.54, 1.807) is 6.07 Å². The van der Waals surface area contributed by atoms with Crippen LogP contribution >= 0.6 is 11.6 Å². The number of carbonyl (C=O) groups excluding carboxylic acids is 1. The number of aryl methyl sites for hydroxylation is 1. The molecule has 0 saturated heterocycles. The minimum absolute atomic E-state index is 0.0442. The zero-order valence-corrected chi connectivity index (χ0v) is 16.3. The number of hydrogen-bond acceptors (Lipinski definition) is 4. The lowest BCUT2D eigenvalue weighted by atomic mass is 10.1. The second-order valence-electron chi connectivity index (χ2n) is 6.39. The number of aromatic nitrogens is 2. The summed E-state index contributed by atoms with van der Waals surface area (Å²) in [7, 11) is -3.95. The smallest absolute Gasteiger partial charge is 0.264 e. The molecule has 0 unspecified atom stereocenters. The summed E-state index contributed by atoms with van der Waals surface area (Å²) < 4.78 is 28.5. The summed E-state index contributed by atoms with van der Waals surface area (Å²) in [6.45, 7) is 8.62. The van der Waals surface area contributed by atoms with E-state index in [4.69, 9.17) is 11.6 Å². The van der Waals surface area contributed by atoms with E-state index in [-0.39, 0.29) is 16.3 Å². The fraction of sp³-hybridized carbons (Fsp3) is 0.412. The average Bonchev–Trinajstić information content (AvgIpc) is 2.73. The predicted octanol–water partition coefficient (Wildman–Crippen LogP) is 2.86. The number of benzene rings is 1. The van der Waals surface area contributed by atoms with Crippen LogP contribution in [0.2, 0.25) is 5.02 Å². The van der Waals surface area contributed by atoms with Crippen LogP contribution in [-0.2, 0) is 27.8 Å². The first-order valence-corrected chi connectivity index (χ1v) is 9.80. The van der Waals surface area contributed by atoms with Gasteiger partial charge in [-0.05, 0) is 38.0 Å². The number of halogens is 1. The average molecular weight is 384 g/mol. The van der Waals surface area contributed by atoms with Gasteiger partial charge in [-0.25, -0.2) is 13.1 Å². The quantitative estimate of drug-likeness (QED) is 0.831. The number of amides is 1. The van der Waals surface area contributed by atoms with E-state index in [0.29, 0.717) is 5.92 Å². The molecule has 0 aliphatic carbocycles. The minimum Gasteiger partial charge on any atom is -0.274 e. The molecule has 2 rings (SSSR count). The Bertz CT molecular complexity index is 889. The van der Waals surface area contributed by atoms with Crippen LogP contribution in [-0.4, -0.2) is 24.1 Å². The molecule has 2 aromatic rings. The third-order valence-corrected chi connectivity index (χ3v) is 5.37. The monoisotopic (exact) mass is 383 g/mol. The van der Waals surface area contributed by atoms with Crippen molar-refractivity contribution in [1.29, 1.82) is 0 Å². The standard InChI is InChI=1S/C17H22ClN3O3S/c1-11(2)10-21-13(4)16(12(3)19-21)9-17(22)20-25(23,24)15-7-5-6-14(18)8-15/h5-8,11H,9-10H2,1-4H3,(H,20,22). The molecule has 1 aromatic heterocycles. The lowest BCUT2D eigenvalue weighted by Gasteiger charge is -2.09. The summed E-state index contributed by atoms with van der Waals surface area (Å²) in [6.07, 6.45) is -0.0461. The van der Waals surface area contributed by atoms with Crippen LogP contribution in [0.25, 0.3) is 0 Å². The normalized spacial score (nSPS) is 11.8. The van der Waals surface area contributed by atoms with Crippen molar-refractivity contribution in [1.82, 2.24) is 14.5 Å². The first-order valence-electron chi connectivity index (χ1n) is 7.94. The van der Waals surface area contributed by atoms with Gasteiger partial charge in [0.25, 0.3) is 10.0 Å². The molecule has 0 radical (unpaired) electrons. The van der Waals surface area contributed by atoms with Gasteiger partial charge < -0.3 is 0 Å². The highest BCUT2D eigenvalue weighted by Gasteiger charge is 2.21. The molecule has 0 bridgehead atoms. The van der Waals surface area contributed by atoms with E-state index >= 15 is 0 Å². The fourth-order valence-corrected chi connectivity index (χ4v) is 3.84. The summed E-state index contributed by atoms with van der Waals surface area (Å²) >= 11 is 5.81. The van der Waals surface area contributed by atoms with E-state index < -0.39 is 15.9 Å². The summed E-state index contributed by atoms with van der Waals surface area (Å²) in [5.74, 6) is -0.182. The lowest BCUT2D eigenvalue weighted by molar-refractivity contribution is -0.118. The molecule has 0 saturated carbocycles. The molecule has 1 amide bonds. The van der Waals surface area contributed by atoms with E-state index in [1.165, 1.54) is 18.2 Å². The van der Waals surface area contributed by atoms with Gasteiger partial charge in [0.15, 0.2) is 0 Å². The van der Waals surface area contributed by atoms with E-state index in [9.17, 15) is 13.2 Å². The maximum Gasteiger partial charge on any atom is 0.264 e. The number of sulfonamides is 1. The molecular weight excluding hydrogens is 362 g/mol. The highest BCUT2D eigenvalue weighted by Crippen LogP contribution is 2.17. The highest BCUT2D eigenvalue weighted by atomic mass is 35.5. The van der Waals surface area contributed by atoms with Crippen molar-refractivity contribution >= 4 is 27.5 Å². The maximum absolute atomic E-state index is 12.3. The molecule has 6 nitrogen and oxygen atoms in total. The number of rotatable bonds is 6. The molecular formula is C17H22ClN3O3S. The van der Waals surface area contributed by atoms with Gasteiger partial charge in [-0.3, -0.25) is 9.48 Å². The topological polar surface area (TPSA) is 81.1 Å². The van der Waals surface area contributed by atoms with Gasteiger partial charge in [-0.15, -0.1) is 0 Å². The SMILES string of the molecule is Cc1nn(CC(C)C)c(C)c1CC(=O)NS(=O)(=O)c1cccc(Cl)c1. The Labute approximate surface area is 153 Å². The fourth-order valence-electron chi connectivity index (χ4n) is 2.55. The lowest BCUT2D eigenvalue weighted by Crippen LogP contribution is -2.32. The van der Waals surface area contributed by atoms with Crippen LogP contribution in [0, 0.1) is 19.8 Å². The largest absolute Gasteiger partial charge is 0.274 e. The summed E-state index contributed by atoms with van der Waals surface area (Å²) in [4.78, 5) is 12.2. The van der Waals surface area contributed by atoms with Crippen LogP contribution in [0.1, 0.15) is 30.8 Å². The van der Waals surface area contributed by atoms with Crippen LogP contribution in [0.3, 0.4) is 0 Å². The highest BCUT2D eigenvalue weighted by molar-refractivity contribution is 7.90. The van der Waals surface area contributed by atoms with Gasteiger partial charge in [0.05, 0.1) is 17.0 Å². The molecule has 1 aromatic carbocycles. The van der Waals surface area contributed by atoms with E-state index in [0.717, 1.165) is 23.5 Å². The van der Waals surface area contributed by atoms with Crippen molar-refractivity contribution in [2.75, 3.05) is 0 Å². The Morgan fingerprint density at radius 1 is 1.32 bits per heavy atom. The first-order chi connectivity index (χ1) is 11.6. The number of nitrogens with one attached hydrogen (secondary N) is 1. The van der Waals surface area contributed by atoms with E-state index in [2.05, 4.69) is 23.7 Å². The molecule has 1 N–H and O–H groups in total. The van der Waals surface area contributed by atoms with Gasteiger partial charge in [0.1, 0.15) is 0 Å². The Balaban J connectivity index is 2.16. The van der Waals surface area contributed by atoms with E-state index in [1.807, 2.05) is 18.5 Å². The molecule has 0 atom stereocenters. The molecule has 0 fully saturated rings. The van der Waals surface area contributed by atoms with Crippen molar-refractivity contribution in [2.45, 2.75) is 45.6 Å². The van der Waals surface area contributed by atoms with Crippen LogP contribution in [0.15, 0.2) is 29.2 Å². The summed E-state index contributed by atoms with van der Waals surface area (Å²) in [5, 5.41) is 4.73. The molecule has 8 heteroatoms. The molecule has 0 aliphatic heterocycles. The van der Waals surface area contributed by atoms with Crippen LogP contribution < -0.4 is 4.72 Å². The Morgan fingerprint density at radius 3 is 2.60 bits per heavy atom. The predicted molar refractivity (Wildman–Crippen MR) is 97.0 cm³/mol. The molecule has 0 spiro atoms. The summed E-state index contributed by atoms with van der Waals surface area (Å²) in [6, 6.07) is 5.77. The number of carbonyl (C=O) groups is 1. The third-order valence-electron chi connectivity index (χ3n) is 3.76. The molecule has 0 aliphatic rings. The van der Waals surface area contributed by atoms with Crippen molar-refractivity contribution < 1.29 is 13.2 Å². The number of nitrogens with zero attached hydrogens (tertiary/aromatic N) is 2. The zero-order valence-electron chi connectivity index (χ0n) is 14.7. The third kappa shape index (κ3) is 4.83. The first kappa shape index (κ1) is 19.5. The summed E-state index contributed by atoms with van der Waals surface area (Å²) in [5.41, 5.74) is 2.36. The second-order valence-corrected chi connectivity index (χ2v) is 8.51. The van der Waals surface area contributed by atoms with Gasteiger partial charge in [0, 0.05) is 22.8 Å². The van der Waals surface area contributed by atoms with Gasteiger partial charge in [-0.2, -0.15) is 5.10 Å². The van der Waals surface area contributed by atoms with Crippen molar-refractivity contribution in [3.63, 3.8) is 0 Å². The van der Waals surface area contributed by atoms with Crippen molar-refractivity contribution in [3.8, 4) is 0 Å². The Hall–Kier alpha value is -1.86. The number of hydrogen-bond donors (Lipinski definition) is 1. The zero-order chi connectivity index (χ0) is 18.8. The molecule has 1 heterocycles. The molecule has 25 heavy (non-hydrogen) atoms. The molecule has 136 valence electrons. The second kappa shape index (κ2) is 7.58. The van der Waals surface area contributed by atoms with Gasteiger partial charge in [-0.1, -0.05) is 31.5 Å². The Kier molecular flexibility index (Phi) is 5.90. The van der Waals surface area contributed by atoms with Crippen molar-refractivity contribution in [2.24, 2.45) is 5.92 Å². The van der Waals surface area contributed by atoms with Crippen LogP contribution in [0.4, 0.5) is 0 Å². The van der Waals surface area contributed by atoms with Gasteiger partial charge in [0.2, 0.25) is 5.91 Å². The minimum atomic E-state index is -3.95. The van der Waals surface area contributed by atoms with Gasteiger partial charge >= 0.3 is 0 Å². The van der Waals surface area contributed by atoms with Crippen molar-refractivity contribution in [3.05, 3.63) is 46.2 Å². The van der Waals surface area contributed by atoms with Crippen LogP contribution in [0.5, 0.6) is 0 Å².